The van der Waals surface area contributed by atoms with Gasteiger partial charge in [0.2, 0.25) is 15.9 Å². The van der Waals surface area contributed by atoms with Crippen molar-refractivity contribution in [1.82, 2.24) is 9.21 Å². The number of hydrogen-bond donors (Lipinski definition) is 1. The smallest absolute Gasteiger partial charge is 0.243 e. The first-order valence-electron chi connectivity index (χ1n) is 9.94. The topological polar surface area (TPSA) is 93.5 Å². The zero-order chi connectivity index (χ0) is 22.8. The van der Waals surface area contributed by atoms with Crippen molar-refractivity contribution in [3.63, 3.8) is 0 Å². The predicted octanol–water partition coefficient (Wildman–Crippen LogP) is 2.73. The number of amides is 1. The first-order valence-corrected chi connectivity index (χ1v) is 11.4. The lowest BCUT2D eigenvalue weighted by Crippen LogP contribution is -2.59. The Balaban J connectivity index is 1.68. The highest BCUT2D eigenvalue weighted by Gasteiger charge is 2.38. The van der Waals surface area contributed by atoms with E-state index in [1.54, 1.807) is 26.8 Å². The number of benzene rings is 2. The van der Waals surface area contributed by atoms with E-state index in [1.807, 2.05) is 11.0 Å². The van der Waals surface area contributed by atoms with Crippen LogP contribution in [0.5, 0.6) is 0 Å². The molecule has 2 unspecified atom stereocenters. The summed E-state index contributed by atoms with van der Waals surface area (Å²) in [6.45, 7) is 6.05. The average molecular weight is 445 g/mol. The normalized spacial score (nSPS) is 20.2. The van der Waals surface area contributed by atoms with Gasteiger partial charge in [-0.2, -0.15) is 9.57 Å². The second-order valence-corrected chi connectivity index (χ2v) is 9.67. The maximum Gasteiger partial charge on any atom is 0.243 e. The highest BCUT2D eigenvalue weighted by atomic mass is 32.2. The molecule has 0 radical (unpaired) electrons. The molecule has 7 nitrogen and oxygen atoms in total. The van der Waals surface area contributed by atoms with E-state index in [2.05, 4.69) is 5.32 Å². The highest BCUT2D eigenvalue weighted by Crippen LogP contribution is 2.26. The van der Waals surface area contributed by atoms with Crippen LogP contribution >= 0.6 is 0 Å². The fourth-order valence-electron chi connectivity index (χ4n) is 3.98. The van der Waals surface area contributed by atoms with Crippen LogP contribution in [0.3, 0.4) is 0 Å². The highest BCUT2D eigenvalue weighted by molar-refractivity contribution is 7.89. The SMILES string of the molecule is Cc1c(F)cccc1NC(=O)CN1CC(C)N(S(=O)(=O)c2ccc(C#N)cc2)C(C)C1. The van der Waals surface area contributed by atoms with Gasteiger partial charge in [-0.15, -0.1) is 0 Å². The van der Waals surface area contributed by atoms with Crippen LogP contribution in [0.2, 0.25) is 0 Å². The van der Waals surface area contributed by atoms with Crippen LogP contribution in [0.4, 0.5) is 10.1 Å². The van der Waals surface area contributed by atoms with Crippen molar-refractivity contribution >= 4 is 21.6 Å². The molecule has 9 heteroatoms. The summed E-state index contributed by atoms with van der Waals surface area (Å²) in [6.07, 6.45) is 0. The van der Waals surface area contributed by atoms with E-state index >= 15 is 0 Å². The molecule has 2 atom stereocenters. The Labute approximate surface area is 182 Å². The quantitative estimate of drug-likeness (QED) is 0.765. The second-order valence-electron chi connectivity index (χ2n) is 7.82. The van der Waals surface area contributed by atoms with Crippen LogP contribution in [0.15, 0.2) is 47.4 Å². The minimum absolute atomic E-state index is 0.0788. The van der Waals surface area contributed by atoms with Crippen molar-refractivity contribution in [2.75, 3.05) is 25.0 Å². The molecule has 1 aliphatic heterocycles. The Bertz CT molecular complexity index is 1100. The van der Waals surface area contributed by atoms with Crippen molar-refractivity contribution in [3.05, 3.63) is 59.4 Å². The minimum atomic E-state index is -3.74. The molecule has 2 aromatic rings. The number of nitrogens with one attached hydrogen (secondary N) is 1. The molecule has 0 saturated carbocycles. The second kappa shape index (κ2) is 9.14. The Morgan fingerprint density at radius 3 is 2.35 bits per heavy atom. The largest absolute Gasteiger partial charge is 0.325 e. The van der Waals surface area contributed by atoms with Gasteiger partial charge in [0.05, 0.1) is 23.1 Å². The molecule has 0 aromatic heterocycles. The van der Waals surface area contributed by atoms with E-state index in [9.17, 15) is 17.6 Å². The van der Waals surface area contributed by atoms with Gasteiger partial charge in [0.15, 0.2) is 0 Å². The van der Waals surface area contributed by atoms with Crippen LogP contribution in [-0.4, -0.2) is 55.2 Å². The van der Waals surface area contributed by atoms with Gasteiger partial charge in [-0.1, -0.05) is 6.07 Å². The third-order valence-corrected chi connectivity index (χ3v) is 7.52. The Kier molecular flexibility index (Phi) is 6.74. The third kappa shape index (κ3) is 4.93. The molecule has 1 saturated heterocycles. The van der Waals surface area contributed by atoms with Gasteiger partial charge < -0.3 is 5.32 Å². The van der Waals surface area contributed by atoms with E-state index in [0.717, 1.165) is 0 Å². The number of rotatable bonds is 5. The first kappa shape index (κ1) is 22.9. The molecular weight excluding hydrogens is 419 g/mol. The lowest BCUT2D eigenvalue weighted by molar-refractivity contribution is -0.118. The van der Waals surface area contributed by atoms with Gasteiger partial charge in [-0.05, 0) is 57.2 Å². The summed E-state index contributed by atoms with van der Waals surface area (Å²) in [7, 11) is -3.74. The number of nitrogens with zero attached hydrogens (tertiary/aromatic N) is 3. The summed E-state index contributed by atoms with van der Waals surface area (Å²) < 4.78 is 41.5. The molecule has 1 fully saturated rings. The van der Waals surface area contributed by atoms with Crippen LogP contribution in [0.1, 0.15) is 25.0 Å². The van der Waals surface area contributed by atoms with Gasteiger partial charge in [-0.25, -0.2) is 12.8 Å². The molecule has 0 spiro atoms. The van der Waals surface area contributed by atoms with E-state index in [4.69, 9.17) is 5.26 Å². The molecule has 2 aromatic carbocycles. The molecular formula is C22H25FN4O3S. The van der Waals surface area contributed by atoms with Crippen LogP contribution < -0.4 is 5.32 Å². The summed E-state index contributed by atoms with van der Waals surface area (Å²) in [6, 6.07) is 11.6. The lowest BCUT2D eigenvalue weighted by atomic mass is 10.1. The standard InChI is InChI=1S/C22H25FN4O3S/c1-15-12-26(14-22(28)25-21-6-4-5-20(23)17(21)3)13-16(2)27(15)31(29,30)19-9-7-18(11-24)8-10-19/h4-10,15-16H,12-14H2,1-3H3,(H,25,28). The molecule has 31 heavy (non-hydrogen) atoms. The molecule has 1 N–H and O–H groups in total. The van der Waals surface area contributed by atoms with E-state index in [1.165, 1.54) is 40.7 Å². The fraction of sp³-hybridized carbons (Fsp3) is 0.364. The maximum atomic E-state index is 13.7. The number of carbonyl (C=O) groups excluding carboxylic acids is 1. The summed E-state index contributed by atoms with van der Waals surface area (Å²) in [5.41, 5.74) is 1.19. The van der Waals surface area contributed by atoms with Crippen molar-refractivity contribution in [3.8, 4) is 6.07 Å². The van der Waals surface area contributed by atoms with Crippen LogP contribution in [0.25, 0.3) is 0 Å². The Morgan fingerprint density at radius 1 is 1.16 bits per heavy atom. The molecule has 1 heterocycles. The van der Waals surface area contributed by atoms with Crippen LogP contribution in [-0.2, 0) is 14.8 Å². The van der Waals surface area contributed by atoms with Gasteiger partial charge >= 0.3 is 0 Å². The van der Waals surface area contributed by atoms with E-state index in [-0.39, 0.29) is 35.2 Å². The monoisotopic (exact) mass is 444 g/mol. The molecule has 1 amide bonds. The summed E-state index contributed by atoms with van der Waals surface area (Å²) in [5, 5.41) is 11.6. The van der Waals surface area contributed by atoms with Crippen LogP contribution in [0, 0.1) is 24.1 Å². The van der Waals surface area contributed by atoms with E-state index in [0.29, 0.717) is 29.9 Å². The average Bonchev–Trinajstić information content (AvgIpc) is 2.70. The predicted molar refractivity (Wildman–Crippen MR) is 115 cm³/mol. The summed E-state index contributed by atoms with van der Waals surface area (Å²) in [4.78, 5) is 14.5. The number of halogens is 1. The molecule has 0 aliphatic carbocycles. The van der Waals surface area contributed by atoms with Crippen molar-refractivity contribution in [2.45, 2.75) is 37.8 Å². The Morgan fingerprint density at radius 2 is 1.77 bits per heavy atom. The van der Waals surface area contributed by atoms with Gasteiger partial charge in [0, 0.05) is 36.4 Å². The fourth-order valence-corrected chi connectivity index (χ4v) is 5.78. The molecule has 1 aliphatic rings. The molecule has 164 valence electrons. The maximum absolute atomic E-state index is 13.7. The summed E-state index contributed by atoms with van der Waals surface area (Å²) in [5.74, 6) is -0.668. The first-order chi connectivity index (χ1) is 14.6. The number of sulfonamides is 1. The number of carbonyl (C=O) groups is 1. The zero-order valence-electron chi connectivity index (χ0n) is 17.7. The number of piperazine rings is 1. The van der Waals surface area contributed by atoms with E-state index < -0.39 is 10.0 Å². The number of anilines is 1. The molecule has 3 rings (SSSR count). The van der Waals surface area contributed by atoms with Crippen molar-refractivity contribution in [2.24, 2.45) is 0 Å². The number of nitriles is 1. The van der Waals surface area contributed by atoms with Crippen molar-refractivity contribution < 1.29 is 17.6 Å². The van der Waals surface area contributed by atoms with Gasteiger partial charge in [0.25, 0.3) is 0 Å². The lowest BCUT2D eigenvalue weighted by Gasteiger charge is -2.43. The van der Waals surface area contributed by atoms with Gasteiger partial charge in [0.1, 0.15) is 5.82 Å². The molecule has 0 bridgehead atoms. The van der Waals surface area contributed by atoms with Gasteiger partial charge in [-0.3, -0.25) is 9.69 Å². The van der Waals surface area contributed by atoms with Crippen molar-refractivity contribution in [1.29, 1.82) is 5.26 Å². The Hall–Kier alpha value is -2.80. The minimum Gasteiger partial charge on any atom is -0.325 e. The number of hydrogen-bond acceptors (Lipinski definition) is 5. The third-order valence-electron chi connectivity index (χ3n) is 5.38. The summed E-state index contributed by atoms with van der Waals surface area (Å²) >= 11 is 0. The zero-order valence-corrected chi connectivity index (χ0v) is 18.5.